The molecule has 0 aliphatic rings. The highest BCUT2D eigenvalue weighted by Gasteiger charge is 2.04. The van der Waals surface area contributed by atoms with Gasteiger partial charge in [0.2, 0.25) is 0 Å². The molecule has 0 unspecified atom stereocenters. The van der Waals surface area contributed by atoms with E-state index in [1.807, 2.05) is 36.4 Å². The number of carbonyl (C=O) groups is 1. The molecule has 1 heterocycles. The minimum Gasteiger partial charge on any atom is -0.497 e. The van der Waals surface area contributed by atoms with E-state index in [1.54, 1.807) is 25.3 Å². The van der Waals surface area contributed by atoms with Gasteiger partial charge in [-0.3, -0.25) is 9.36 Å². The zero-order valence-electron chi connectivity index (χ0n) is 15.0. The molecule has 0 atom stereocenters. The normalized spacial score (nSPS) is 11.0. The van der Waals surface area contributed by atoms with Gasteiger partial charge in [0.1, 0.15) is 5.75 Å². The van der Waals surface area contributed by atoms with Crippen LogP contribution in [-0.4, -0.2) is 29.2 Å². The molecule has 0 fully saturated rings. The number of aromatic nitrogens is 2. The fourth-order valence-corrected chi connectivity index (χ4v) is 2.60. The Morgan fingerprint density at radius 2 is 1.93 bits per heavy atom. The summed E-state index contributed by atoms with van der Waals surface area (Å²) in [4.78, 5) is 28.4. The van der Waals surface area contributed by atoms with Crippen molar-refractivity contribution >= 4 is 22.9 Å². The third-order valence-electron chi connectivity index (χ3n) is 4.05. The molecule has 0 radical (unpaired) electrons. The molecule has 0 aliphatic heterocycles. The number of methoxy groups -OCH3 is 1. The monoisotopic (exact) mass is 364 g/mol. The van der Waals surface area contributed by atoms with Crippen LogP contribution in [0.1, 0.15) is 12.0 Å². The van der Waals surface area contributed by atoms with Crippen molar-refractivity contribution in [3.8, 4) is 5.75 Å². The molecule has 138 valence electrons. The summed E-state index contributed by atoms with van der Waals surface area (Å²) >= 11 is 0. The first kappa shape index (κ1) is 18.4. The van der Waals surface area contributed by atoms with Crippen LogP contribution in [-0.2, 0) is 16.1 Å². The fraction of sp³-hybridized carbons (Fsp3) is 0.190. The lowest BCUT2D eigenvalue weighted by atomic mass is 10.2. The van der Waals surface area contributed by atoms with Crippen LogP contribution in [0.5, 0.6) is 5.75 Å². The molecule has 0 spiro atoms. The molecule has 27 heavy (non-hydrogen) atoms. The third-order valence-corrected chi connectivity index (χ3v) is 4.05. The van der Waals surface area contributed by atoms with Gasteiger partial charge in [-0.05, 0) is 42.3 Å². The highest BCUT2D eigenvalue weighted by molar-refractivity contribution is 5.87. The lowest BCUT2D eigenvalue weighted by molar-refractivity contribution is -0.137. The minimum atomic E-state index is -0.421. The first-order valence-electron chi connectivity index (χ1n) is 8.60. The van der Waals surface area contributed by atoms with Gasteiger partial charge in [0, 0.05) is 12.6 Å². The molecule has 0 N–H and O–H groups in total. The Morgan fingerprint density at radius 3 is 2.70 bits per heavy atom. The number of esters is 1. The van der Waals surface area contributed by atoms with E-state index in [-0.39, 0.29) is 12.2 Å². The van der Waals surface area contributed by atoms with Crippen LogP contribution < -0.4 is 10.3 Å². The van der Waals surface area contributed by atoms with Crippen molar-refractivity contribution in [2.45, 2.75) is 13.0 Å². The van der Waals surface area contributed by atoms with Crippen molar-refractivity contribution < 1.29 is 14.3 Å². The maximum absolute atomic E-state index is 12.4. The Morgan fingerprint density at radius 1 is 1.15 bits per heavy atom. The number of ether oxygens (including phenoxy) is 2. The molecule has 6 nitrogen and oxygen atoms in total. The van der Waals surface area contributed by atoms with E-state index < -0.39 is 5.97 Å². The molecule has 3 rings (SSSR count). The van der Waals surface area contributed by atoms with Crippen molar-refractivity contribution in [1.82, 2.24) is 9.55 Å². The van der Waals surface area contributed by atoms with Crippen LogP contribution >= 0.6 is 0 Å². The van der Waals surface area contributed by atoms with Crippen molar-refractivity contribution in [3.63, 3.8) is 0 Å². The lowest BCUT2D eigenvalue weighted by Gasteiger charge is -2.06. The molecule has 1 aromatic heterocycles. The number of hydrogen-bond acceptors (Lipinski definition) is 5. The average Bonchev–Trinajstić information content (AvgIpc) is 2.71. The molecule has 2 aromatic carbocycles. The zero-order valence-corrected chi connectivity index (χ0v) is 15.0. The molecule has 0 aliphatic carbocycles. The van der Waals surface area contributed by atoms with Gasteiger partial charge in [-0.1, -0.05) is 24.3 Å². The average molecular weight is 364 g/mol. The molecular weight excluding hydrogens is 344 g/mol. The summed E-state index contributed by atoms with van der Waals surface area (Å²) < 4.78 is 11.8. The summed E-state index contributed by atoms with van der Waals surface area (Å²) in [5.41, 5.74) is 1.46. The SMILES string of the molecule is COc1ccc(/C=C/C(=O)OCCCn2cnc3ccccc3c2=O)cc1. The number of para-hydroxylation sites is 1. The zero-order chi connectivity index (χ0) is 19.1. The number of benzene rings is 2. The number of hydrogen-bond donors (Lipinski definition) is 0. The molecule has 3 aromatic rings. The standard InChI is InChI=1S/C21H20N2O4/c1-26-17-10-7-16(8-11-17)9-12-20(24)27-14-4-13-23-15-22-19-6-3-2-5-18(19)21(23)25/h2-3,5-12,15H,4,13-14H2,1H3/b12-9+. The maximum Gasteiger partial charge on any atom is 0.330 e. The summed E-state index contributed by atoms with van der Waals surface area (Å²) in [5, 5.41) is 0.583. The summed E-state index contributed by atoms with van der Waals surface area (Å²) in [5.74, 6) is 0.336. The number of carbonyl (C=O) groups excluding carboxylic acids is 1. The summed E-state index contributed by atoms with van der Waals surface area (Å²) in [7, 11) is 1.60. The smallest absolute Gasteiger partial charge is 0.330 e. The van der Waals surface area contributed by atoms with E-state index in [2.05, 4.69) is 4.98 Å². The lowest BCUT2D eigenvalue weighted by Crippen LogP contribution is -2.21. The Labute approximate surface area is 156 Å². The van der Waals surface area contributed by atoms with E-state index in [0.29, 0.717) is 23.9 Å². The van der Waals surface area contributed by atoms with Crippen molar-refractivity contribution in [2.24, 2.45) is 0 Å². The topological polar surface area (TPSA) is 70.4 Å². The van der Waals surface area contributed by atoms with Gasteiger partial charge in [-0.2, -0.15) is 0 Å². The molecule has 0 bridgehead atoms. The van der Waals surface area contributed by atoms with Crippen LogP contribution in [0.15, 0.2) is 65.7 Å². The molecule has 0 amide bonds. The van der Waals surface area contributed by atoms with Gasteiger partial charge >= 0.3 is 5.97 Å². The number of nitrogens with zero attached hydrogens (tertiary/aromatic N) is 2. The minimum absolute atomic E-state index is 0.0914. The predicted octanol–water partition coefficient (Wildman–Crippen LogP) is 3.05. The Balaban J connectivity index is 1.48. The maximum atomic E-state index is 12.4. The van der Waals surface area contributed by atoms with Crippen LogP contribution in [0.4, 0.5) is 0 Å². The Kier molecular flexibility index (Phi) is 5.99. The highest BCUT2D eigenvalue weighted by atomic mass is 16.5. The summed E-state index contributed by atoms with van der Waals surface area (Å²) in [6.07, 6.45) is 5.11. The molecule has 6 heteroatoms. The van der Waals surface area contributed by atoms with Gasteiger partial charge in [-0.25, -0.2) is 9.78 Å². The van der Waals surface area contributed by atoms with E-state index >= 15 is 0 Å². The van der Waals surface area contributed by atoms with Crippen LogP contribution in [0.3, 0.4) is 0 Å². The molecule has 0 saturated carbocycles. The van der Waals surface area contributed by atoms with Crippen molar-refractivity contribution in [1.29, 1.82) is 0 Å². The van der Waals surface area contributed by atoms with E-state index in [4.69, 9.17) is 9.47 Å². The number of fused-ring (bicyclic) bond motifs is 1. The number of aryl methyl sites for hydroxylation is 1. The van der Waals surface area contributed by atoms with E-state index in [1.165, 1.54) is 17.0 Å². The third kappa shape index (κ3) is 4.82. The second-order valence-corrected chi connectivity index (χ2v) is 5.89. The van der Waals surface area contributed by atoms with E-state index in [0.717, 1.165) is 11.3 Å². The Bertz CT molecular complexity index is 1010. The largest absolute Gasteiger partial charge is 0.497 e. The summed E-state index contributed by atoms with van der Waals surface area (Å²) in [6.45, 7) is 0.664. The van der Waals surface area contributed by atoms with Gasteiger partial charge in [0.05, 0.1) is 30.9 Å². The van der Waals surface area contributed by atoms with Crippen molar-refractivity contribution in [3.05, 3.63) is 76.9 Å². The quantitative estimate of drug-likeness (QED) is 0.366. The Hall–Kier alpha value is -3.41. The fourth-order valence-electron chi connectivity index (χ4n) is 2.60. The predicted molar refractivity (Wildman–Crippen MR) is 104 cm³/mol. The van der Waals surface area contributed by atoms with Crippen LogP contribution in [0, 0.1) is 0 Å². The van der Waals surface area contributed by atoms with Crippen LogP contribution in [0.25, 0.3) is 17.0 Å². The summed E-state index contributed by atoms with van der Waals surface area (Å²) in [6, 6.07) is 14.6. The van der Waals surface area contributed by atoms with Gasteiger partial charge < -0.3 is 9.47 Å². The van der Waals surface area contributed by atoms with E-state index in [9.17, 15) is 9.59 Å². The first-order valence-corrected chi connectivity index (χ1v) is 8.60. The van der Waals surface area contributed by atoms with Crippen molar-refractivity contribution in [2.75, 3.05) is 13.7 Å². The van der Waals surface area contributed by atoms with Gasteiger partial charge in [0.25, 0.3) is 5.56 Å². The molecule has 0 saturated heterocycles. The second kappa shape index (κ2) is 8.80. The molecular formula is C21H20N2O4. The van der Waals surface area contributed by atoms with Crippen LogP contribution in [0.2, 0.25) is 0 Å². The highest BCUT2D eigenvalue weighted by Crippen LogP contribution is 2.12. The first-order chi connectivity index (χ1) is 13.2. The van der Waals surface area contributed by atoms with Gasteiger partial charge in [-0.15, -0.1) is 0 Å². The van der Waals surface area contributed by atoms with Gasteiger partial charge in [0.15, 0.2) is 0 Å². The number of rotatable bonds is 7. The second-order valence-electron chi connectivity index (χ2n) is 5.89.